The van der Waals surface area contributed by atoms with Gasteiger partial charge < -0.3 is 4.90 Å². The van der Waals surface area contributed by atoms with Gasteiger partial charge in [-0.1, -0.05) is 45.8 Å². The van der Waals surface area contributed by atoms with Gasteiger partial charge >= 0.3 is 0 Å². The largest absolute Gasteiger partial charge is 0.309 e. The van der Waals surface area contributed by atoms with E-state index < -0.39 is 10.0 Å². The topological polar surface area (TPSA) is 64.4 Å². The van der Waals surface area contributed by atoms with Gasteiger partial charge in [0.25, 0.3) is 0 Å². The van der Waals surface area contributed by atoms with Crippen molar-refractivity contribution in [3.8, 4) is 6.19 Å². The van der Waals surface area contributed by atoms with E-state index in [0.717, 1.165) is 11.1 Å². The number of rotatable bonds is 5. The Balaban J connectivity index is 2.01. The minimum Gasteiger partial charge on any atom is -0.309 e. The number of likely N-dealkylation sites (tertiary alicyclic amines) is 1. The van der Waals surface area contributed by atoms with Crippen LogP contribution < -0.4 is 0 Å². The third kappa shape index (κ3) is 4.54. The first-order valence-corrected chi connectivity index (χ1v) is 11.5. The number of halogens is 2. The van der Waals surface area contributed by atoms with E-state index in [1.807, 2.05) is 31.2 Å². The second-order valence-corrected chi connectivity index (χ2v) is 10.2. The van der Waals surface area contributed by atoms with Crippen LogP contribution in [-0.2, 0) is 16.6 Å². The molecule has 1 heterocycles. The van der Waals surface area contributed by atoms with Crippen molar-refractivity contribution >= 4 is 41.9 Å². The standard InChI is InChI=1S/C19H19Br2N3O2S/c1-14-2-4-15(5-3-14)11-24(17-8-9-23(12-17)13-22)27(25,26)19-10-16(20)6-7-18(19)21/h2-7,10,17H,8-9,11-12H2,1H3. The molecular weight excluding hydrogens is 494 g/mol. The highest BCUT2D eigenvalue weighted by Crippen LogP contribution is 2.32. The highest BCUT2D eigenvalue weighted by molar-refractivity contribution is 9.11. The molecule has 0 radical (unpaired) electrons. The SMILES string of the molecule is Cc1ccc(CN(C2CCN(C#N)C2)S(=O)(=O)c2cc(Br)ccc2Br)cc1. The molecule has 27 heavy (non-hydrogen) atoms. The molecule has 0 aliphatic carbocycles. The number of hydrogen-bond acceptors (Lipinski definition) is 4. The molecule has 1 aliphatic rings. The van der Waals surface area contributed by atoms with Gasteiger partial charge in [0.1, 0.15) is 0 Å². The van der Waals surface area contributed by atoms with Crippen LogP contribution in [0.5, 0.6) is 0 Å². The van der Waals surface area contributed by atoms with Crippen molar-refractivity contribution < 1.29 is 8.42 Å². The van der Waals surface area contributed by atoms with E-state index in [4.69, 9.17) is 0 Å². The summed E-state index contributed by atoms with van der Waals surface area (Å²) in [7, 11) is -3.76. The highest BCUT2D eigenvalue weighted by atomic mass is 79.9. The number of hydrogen-bond donors (Lipinski definition) is 0. The molecule has 2 aromatic rings. The van der Waals surface area contributed by atoms with E-state index in [1.165, 1.54) is 4.31 Å². The first-order valence-electron chi connectivity index (χ1n) is 8.48. The Kier molecular flexibility index (Phi) is 6.26. The molecule has 0 bridgehead atoms. The monoisotopic (exact) mass is 511 g/mol. The summed E-state index contributed by atoms with van der Waals surface area (Å²) in [5.74, 6) is 0. The summed E-state index contributed by atoms with van der Waals surface area (Å²) in [6.45, 7) is 3.25. The lowest BCUT2D eigenvalue weighted by Crippen LogP contribution is -2.41. The van der Waals surface area contributed by atoms with E-state index >= 15 is 0 Å². The van der Waals surface area contributed by atoms with Crippen LogP contribution in [0.25, 0.3) is 0 Å². The molecule has 142 valence electrons. The predicted molar refractivity (Wildman–Crippen MR) is 111 cm³/mol. The average Bonchev–Trinajstić information content (AvgIpc) is 3.11. The number of benzene rings is 2. The second-order valence-electron chi connectivity index (χ2n) is 6.60. The van der Waals surface area contributed by atoms with E-state index in [0.29, 0.717) is 28.5 Å². The molecule has 0 amide bonds. The van der Waals surface area contributed by atoms with Crippen molar-refractivity contribution in [2.24, 2.45) is 0 Å². The number of aryl methyl sites for hydroxylation is 1. The first-order chi connectivity index (χ1) is 12.8. The summed E-state index contributed by atoms with van der Waals surface area (Å²) in [6.07, 6.45) is 2.76. The molecule has 1 saturated heterocycles. The fourth-order valence-electron chi connectivity index (χ4n) is 3.15. The molecular formula is C19H19Br2N3O2S. The van der Waals surface area contributed by atoms with Gasteiger partial charge in [-0.05, 0) is 53.0 Å². The minimum absolute atomic E-state index is 0.222. The van der Waals surface area contributed by atoms with Crippen molar-refractivity contribution in [2.45, 2.75) is 30.8 Å². The molecule has 1 unspecified atom stereocenters. The quantitative estimate of drug-likeness (QED) is 0.561. The zero-order valence-corrected chi connectivity index (χ0v) is 18.8. The van der Waals surface area contributed by atoms with Gasteiger partial charge in [-0.25, -0.2) is 8.42 Å². The lowest BCUT2D eigenvalue weighted by molar-refractivity contribution is 0.314. The van der Waals surface area contributed by atoms with Crippen molar-refractivity contribution in [3.63, 3.8) is 0 Å². The molecule has 5 nitrogen and oxygen atoms in total. The summed E-state index contributed by atoms with van der Waals surface area (Å²) in [5, 5.41) is 9.18. The van der Waals surface area contributed by atoms with Crippen molar-refractivity contribution in [3.05, 3.63) is 62.5 Å². The molecule has 1 atom stereocenters. The Morgan fingerprint density at radius 3 is 2.56 bits per heavy atom. The van der Waals surface area contributed by atoms with Crippen LogP contribution in [0.15, 0.2) is 56.3 Å². The van der Waals surface area contributed by atoms with Crippen LogP contribution in [0.4, 0.5) is 0 Å². The Hall–Kier alpha value is -1.40. The maximum Gasteiger partial charge on any atom is 0.244 e. The summed E-state index contributed by atoms with van der Waals surface area (Å²) >= 11 is 6.74. The minimum atomic E-state index is -3.76. The van der Waals surface area contributed by atoms with Crippen molar-refractivity contribution in [1.82, 2.24) is 9.21 Å². The lowest BCUT2D eigenvalue weighted by atomic mass is 10.1. The summed E-state index contributed by atoms with van der Waals surface area (Å²) in [4.78, 5) is 1.83. The summed E-state index contributed by atoms with van der Waals surface area (Å²) < 4.78 is 29.8. The smallest absolute Gasteiger partial charge is 0.244 e. The molecule has 2 aromatic carbocycles. The van der Waals surface area contributed by atoms with E-state index in [1.54, 1.807) is 23.1 Å². The molecule has 0 N–H and O–H groups in total. The molecule has 0 spiro atoms. The van der Waals surface area contributed by atoms with E-state index in [9.17, 15) is 13.7 Å². The van der Waals surface area contributed by atoms with Gasteiger partial charge in [0, 0.05) is 34.6 Å². The summed E-state index contributed by atoms with van der Waals surface area (Å²) in [5.41, 5.74) is 2.05. The molecule has 0 aromatic heterocycles. The fourth-order valence-corrected chi connectivity index (χ4v) is 6.25. The zero-order chi connectivity index (χ0) is 19.6. The van der Waals surface area contributed by atoms with Crippen molar-refractivity contribution in [1.29, 1.82) is 5.26 Å². The van der Waals surface area contributed by atoms with Gasteiger partial charge in [0.15, 0.2) is 6.19 Å². The number of sulfonamides is 1. The molecule has 3 rings (SSSR count). The van der Waals surface area contributed by atoms with Crippen molar-refractivity contribution in [2.75, 3.05) is 13.1 Å². The van der Waals surface area contributed by atoms with Crippen LogP contribution in [0, 0.1) is 18.4 Å². The molecule has 1 aliphatic heterocycles. The second kappa shape index (κ2) is 8.31. The van der Waals surface area contributed by atoms with Crippen LogP contribution in [0.2, 0.25) is 0 Å². The van der Waals surface area contributed by atoms with Crippen LogP contribution in [-0.4, -0.2) is 36.8 Å². The van der Waals surface area contributed by atoms with E-state index in [2.05, 4.69) is 38.1 Å². The zero-order valence-electron chi connectivity index (χ0n) is 14.8. The van der Waals surface area contributed by atoms with Crippen LogP contribution >= 0.6 is 31.9 Å². The molecule has 8 heteroatoms. The Labute approximate surface area is 176 Å². The lowest BCUT2D eigenvalue weighted by Gasteiger charge is -2.28. The van der Waals surface area contributed by atoms with Crippen LogP contribution in [0.3, 0.4) is 0 Å². The first kappa shape index (κ1) is 20.3. The van der Waals surface area contributed by atoms with Gasteiger partial charge in [-0.15, -0.1) is 0 Å². The van der Waals surface area contributed by atoms with Gasteiger partial charge in [-0.3, -0.25) is 0 Å². The number of nitriles is 1. The Morgan fingerprint density at radius 1 is 1.22 bits per heavy atom. The predicted octanol–water partition coefficient (Wildman–Crippen LogP) is 4.27. The number of nitrogens with zero attached hydrogens (tertiary/aromatic N) is 3. The average molecular weight is 513 g/mol. The Bertz CT molecular complexity index is 971. The van der Waals surface area contributed by atoms with E-state index in [-0.39, 0.29) is 17.5 Å². The third-order valence-electron chi connectivity index (χ3n) is 4.65. The maximum absolute atomic E-state index is 13.5. The van der Waals surface area contributed by atoms with Gasteiger partial charge in [-0.2, -0.15) is 9.57 Å². The van der Waals surface area contributed by atoms with Gasteiger partial charge in [0.05, 0.1) is 4.90 Å². The normalized spacial score (nSPS) is 17.3. The molecule has 0 saturated carbocycles. The Morgan fingerprint density at radius 2 is 1.93 bits per heavy atom. The third-order valence-corrected chi connectivity index (χ3v) is 8.04. The molecule has 1 fully saturated rings. The van der Waals surface area contributed by atoms with Crippen LogP contribution in [0.1, 0.15) is 17.5 Å². The highest BCUT2D eigenvalue weighted by Gasteiger charge is 2.36. The van der Waals surface area contributed by atoms with Gasteiger partial charge in [0.2, 0.25) is 10.0 Å². The maximum atomic E-state index is 13.5. The summed E-state index contributed by atoms with van der Waals surface area (Å²) in [6, 6.07) is 12.7. The fraction of sp³-hybridized carbons (Fsp3) is 0.316.